The van der Waals surface area contributed by atoms with Gasteiger partial charge in [0.1, 0.15) is 5.69 Å². The number of carbonyl (C=O) groups is 1. The first-order chi connectivity index (χ1) is 18.2. The van der Waals surface area contributed by atoms with Crippen LogP contribution in [0.25, 0.3) is 11.3 Å². The number of hydrogen-bond donors (Lipinski definition) is 2. The molecular weight excluding hydrogens is 495 g/mol. The fraction of sp³-hybridized carbons (Fsp3) is 0.214. The number of nitrogens with two attached hydrogens (primary N) is 1. The number of alkyl halides is 3. The Morgan fingerprint density at radius 3 is 2.61 bits per heavy atom. The lowest BCUT2D eigenvalue weighted by molar-refractivity contribution is -0.136. The molecule has 1 amide bonds. The molecule has 0 spiro atoms. The van der Waals surface area contributed by atoms with Crippen LogP contribution in [0.15, 0.2) is 71.7 Å². The first-order valence-corrected chi connectivity index (χ1v) is 12.1. The number of amides is 1. The second-order valence-electron chi connectivity index (χ2n) is 9.14. The molecule has 7 nitrogen and oxygen atoms in total. The number of benzene rings is 2. The predicted molar refractivity (Wildman–Crippen MR) is 137 cm³/mol. The van der Waals surface area contributed by atoms with E-state index < -0.39 is 17.6 Å². The van der Waals surface area contributed by atoms with Gasteiger partial charge in [-0.15, -0.1) is 0 Å². The number of hydrogen-bond acceptors (Lipinski definition) is 5. The van der Waals surface area contributed by atoms with Gasteiger partial charge in [0.15, 0.2) is 12.2 Å². The van der Waals surface area contributed by atoms with E-state index in [1.54, 1.807) is 24.4 Å². The van der Waals surface area contributed by atoms with Crippen LogP contribution in [0, 0.1) is 6.92 Å². The molecule has 2 aromatic heterocycles. The summed E-state index contributed by atoms with van der Waals surface area (Å²) < 4.78 is 46.8. The summed E-state index contributed by atoms with van der Waals surface area (Å²) in [5.74, 6) is -0.250. The summed E-state index contributed by atoms with van der Waals surface area (Å²) in [5, 5.41) is 8.96. The van der Waals surface area contributed by atoms with E-state index in [0.29, 0.717) is 22.6 Å². The maximum absolute atomic E-state index is 13.8. The number of nitrogens with one attached hydrogen (secondary N) is 1. The van der Waals surface area contributed by atoms with E-state index >= 15 is 0 Å². The van der Waals surface area contributed by atoms with Crippen LogP contribution in [-0.4, -0.2) is 34.7 Å². The lowest BCUT2D eigenvalue weighted by Gasteiger charge is -2.21. The summed E-state index contributed by atoms with van der Waals surface area (Å²) in [6.07, 6.45) is 1.57. The van der Waals surface area contributed by atoms with Gasteiger partial charge in [-0.05, 0) is 73.9 Å². The van der Waals surface area contributed by atoms with Crippen molar-refractivity contribution in [1.29, 1.82) is 0 Å². The van der Waals surface area contributed by atoms with Gasteiger partial charge in [0, 0.05) is 36.1 Å². The van der Waals surface area contributed by atoms with Gasteiger partial charge in [-0.2, -0.15) is 13.2 Å². The van der Waals surface area contributed by atoms with Crippen LogP contribution in [0.1, 0.15) is 45.6 Å². The van der Waals surface area contributed by atoms with Crippen LogP contribution in [0.5, 0.6) is 0 Å². The Balaban J connectivity index is 1.49. The lowest BCUT2D eigenvalue weighted by Crippen LogP contribution is -2.42. The number of anilines is 2. The number of pyridine rings is 1. The fourth-order valence-electron chi connectivity index (χ4n) is 4.63. The fourth-order valence-corrected chi connectivity index (χ4v) is 4.63. The van der Waals surface area contributed by atoms with E-state index in [2.05, 4.69) is 15.3 Å². The van der Waals surface area contributed by atoms with Crippen molar-refractivity contribution in [2.75, 3.05) is 23.3 Å². The number of halogens is 3. The van der Waals surface area contributed by atoms with Gasteiger partial charge in [0.25, 0.3) is 5.91 Å². The molecule has 0 radical (unpaired) electrons. The first-order valence-electron chi connectivity index (χ1n) is 12.1. The lowest BCUT2D eigenvalue weighted by atomic mass is 9.96. The zero-order chi connectivity index (χ0) is 26.9. The monoisotopic (exact) mass is 520 g/mol. The highest BCUT2D eigenvalue weighted by molar-refractivity contribution is 6.17. The molecule has 1 aliphatic heterocycles. The molecule has 1 saturated heterocycles. The summed E-state index contributed by atoms with van der Waals surface area (Å²) in [4.78, 5) is 23.5. The molecule has 2 aromatic carbocycles. The maximum Gasteiger partial charge on any atom is 0.418 e. The van der Waals surface area contributed by atoms with Crippen molar-refractivity contribution in [3.05, 3.63) is 95.3 Å². The largest absolute Gasteiger partial charge is 0.444 e. The van der Waals surface area contributed by atoms with Crippen LogP contribution >= 0.6 is 0 Å². The van der Waals surface area contributed by atoms with E-state index in [1.807, 2.05) is 24.0 Å². The van der Waals surface area contributed by atoms with Gasteiger partial charge in [-0.1, -0.05) is 0 Å². The summed E-state index contributed by atoms with van der Waals surface area (Å²) in [6, 6.07) is 12.6. The van der Waals surface area contributed by atoms with Crippen molar-refractivity contribution in [2.45, 2.75) is 25.9 Å². The van der Waals surface area contributed by atoms with E-state index in [1.165, 1.54) is 24.7 Å². The quantitative estimate of drug-likeness (QED) is 0.365. The summed E-state index contributed by atoms with van der Waals surface area (Å²) in [7, 11) is 0. The molecule has 10 heteroatoms. The molecule has 0 bridgehead atoms. The van der Waals surface area contributed by atoms with E-state index in [4.69, 9.17) is 9.83 Å². The summed E-state index contributed by atoms with van der Waals surface area (Å²) >= 11 is 0. The number of oxazole rings is 1. The molecule has 0 aliphatic carbocycles. The van der Waals surface area contributed by atoms with Crippen LogP contribution < -0.4 is 15.6 Å². The Hall–Kier alpha value is -4.47. The molecule has 3 heterocycles. The van der Waals surface area contributed by atoms with E-state index in [9.17, 15) is 18.0 Å². The number of aromatic nitrogens is 2. The Morgan fingerprint density at radius 1 is 1.11 bits per heavy atom. The second-order valence-corrected chi connectivity index (χ2v) is 9.14. The maximum atomic E-state index is 13.8. The Kier molecular flexibility index (Phi) is 6.71. The normalized spacial score (nSPS) is 13.5. The number of carbonyl (C=O) groups excluding carboxylic acids is 1. The van der Waals surface area contributed by atoms with Crippen LogP contribution in [-0.2, 0) is 6.18 Å². The van der Waals surface area contributed by atoms with Gasteiger partial charge >= 0.3 is 6.18 Å². The first kappa shape index (κ1) is 25.2. The van der Waals surface area contributed by atoms with Crippen molar-refractivity contribution in [1.82, 2.24) is 9.97 Å². The molecule has 0 unspecified atom stereocenters. The summed E-state index contributed by atoms with van der Waals surface area (Å²) in [6.45, 7) is 3.39. The van der Waals surface area contributed by atoms with Gasteiger partial charge in [-0.3, -0.25) is 15.2 Å². The molecular formula is C28H25F3N5O2+. The molecule has 194 valence electrons. The van der Waals surface area contributed by atoms with Gasteiger partial charge in [0.2, 0.25) is 5.71 Å². The Labute approximate surface area is 216 Å². The number of rotatable bonds is 6. The highest BCUT2D eigenvalue weighted by Gasteiger charge is 2.35. The zero-order valence-electron chi connectivity index (χ0n) is 20.5. The van der Waals surface area contributed by atoms with Gasteiger partial charge in [-0.25, -0.2) is 4.98 Å². The van der Waals surface area contributed by atoms with Crippen molar-refractivity contribution < 1.29 is 27.8 Å². The smallest absolute Gasteiger partial charge is 0.418 e. The molecule has 3 N–H and O–H groups in total. The van der Waals surface area contributed by atoms with E-state index in [-0.39, 0.29) is 17.1 Å². The van der Waals surface area contributed by atoms with Gasteiger partial charge in [0.05, 0.1) is 23.0 Å². The topological polar surface area (TPSA) is 96.8 Å². The van der Waals surface area contributed by atoms with Crippen LogP contribution in [0.2, 0.25) is 0 Å². The highest BCUT2D eigenvalue weighted by Crippen LogP contribution is 2.38. The van der Waals surface area contributed by atoms with Gasteiger partial charge < -0.3 is 14.6 Å². The predicted octanol–water partition coefficient (Wildman–Crippen LogP) is 4.51. The molecule has 0 atom stereocenters. The molecule has 38 heavy (non-hydrogen) atoms. The SMILES string of the molecule is Cc1cc(C(=[NH2+])c2cccnc2C(=O)Nc2cc(N3CCCC3)ccc2C(F)(F)F)cc(-c2cnco2)c1. The van der Waals surface area contributed by atoms with Crippen LogP contribution in [0.4, 0.5) is 24.5 Å². The minimum Gasteiger partial charge on any atom is -0.444 e. The van der Waals surface area contributed by atoms with Crippen LogP contribution in [0.3, 0.4) is 0 Å². The van der Waals surface area contributed by atoms with Crippen molar-refractivity contribution in [2.24, 2.45) is 0 Å². The third kappa shape index (κ3) is 5.15. The molecule has 5 rings (SSSR count). The van der Waals surface area contributed by atoms with Crippen molar-refractivity contribution in [3.63, 3.8) is 0 Å². The molecule has 1 fully saturated rings. The summed E-state index contributed by atoms with van der Waals surface area (Å²) in [5.41, 5.74) is 2.04. The standard InChI is InChI=1S/C28H24F3N5O2/c1-17-11-18(24-15-33-16-38-24)13-19(12-17)25(32)21-5-4-8-34-26(21)27(37)35-23-14-20(36-9-2-3-10-36)6-7-22(23)28(29,30)31/h4-8,11-16,32H,2-3,9-10H2,1H3,(H,35,37)/p+1. The minimum atomic E-state index is -4.65. The third-order valence-corrected chi connectivity index (χ3v) is 6.45. The Morgan fingerprint density at radius 2 is 1.89 bits per heavy atom. The average Bonchev–Trinajstić information content (AvgIpc) is 3.62. The third-order valence-electron chi connectivity index (χ3n) is 6.45. The molecule has 1 aliphatic rings. The van der Waals surface area contributed by atoms with Crippen molar-refractivity contribution in [3.8, 4) is 11.3 Å². The second kappa shape index (κ2) is 10.1. The number of aryl methyl sites for hydroxylation is 1. The minimum absolute atomic E-state index is 0.0904. The average molecular weight is 521 g/mol. The molecule has 0 saturated carbocycles. The molecule has 4 aromatic rings. The number of nitrogens with zero attached hydrogens (tertiary/aromatic N) is 3. The zero-order valence-corrected chi connectivity index (χ0v) is 20.5. The van der Waals surface area contributed by atoms with Crippen molar-refractivity contribution >= 4 is 23.0 Å². The Bertz CT molecular complexity index is 1490. The highest BCUT2D eigenvalue weighted by atomic mass is 19.4. The van der Waals surface area contributed by atoms with E-state index in [0.717, 1.165) is 43.1 Å².